The molecule has 1 N–H and O–H groups in total. The highest BCUT2D eigenvalue weighted by Crippen LogP contribution is 2.41. The van der Waals surface area contributed by atoms with Crippen LogP contribution in [0.15, 0.2) is 48.0 Å². The van der Waals surface area contributed by atoms with Gasteiger partial charge in [0.15, 0.2) is 0 Å². The van der Waals surface area contributed by atoms with Gasteiger partial charge in [-0.05, 0) is 76.3 Å². The first-order valence-electron chi connectivity index (χ1n) is 11.7. The highest BCUT2D eigenvalue weighted by molar-refractivity contribution is 6.46. The molecule has 7 heteroatoms. The van der Waals surface area contributed by atoms with Gasteiger partial charge in [0.2, 0.25) is 0 Å². The zero-order chi connectivity index (χ0) is 24.6. The number of ether oxygens (including phenoxy) is 2. The van der Waals surface area contributed by atoms with E-state index in [0.717, 1.165) is 23.3 Å². The third kappa shape index (κ3) is 4.66. The fourth-order valence-corrected chi connectivity index (χ4v) is 4.52. The number of amides is 1. The van der Waals surface area contributed by atoms with Crippen LogP contribution in [0.5, 0.6) is 11.5 Å². The van der Waals surface area contributed by atoms with Crippen LogP contribution >= 0.6 is 0 Å². The monoisotopic (exact) mass is 464 g/mol. The second-order valence-electron chi connectivity index (χ2n) is 9.49. The van der Waals surface area contributed by atoms with E-state index in [9.17, 15) is 14.7 Å². The van der Waals surface area contributed by atoms with E-state index in [-0.39, 0.29) is 23.5 Å². The van der Waals surface area contributed by atoms with Gasteiger partial charge in [0.25, 0.3) is 11.7 Å². The van der Waals surface area contributed by atoms with Crippen LogP contribution in [0.2, 0.25) is 0 Å². The van der Waals surface area contributed by atoms with E-state index in [4.69, 9.17) is 9.47 Å². The standard InChI is InChI=1S/C27H32N2O5/c1-16(2)33-21-8-6-7-18(15-21)24-23(26(31)27(32)29(24)12-11-28(4)5)25(30)19-9-10-22-20(14-19)13-17(3)34-22/h6-10,14-17,24,30H,11-13H2,1-5H3/b25-23-. The topological polar surface area (TPSA) is 79.3 Å². The molecule has 2 aromatic rings. The maximum Gasteiger partial charge on any atom is 0.295 e. The van der Waals surface area contributed by atoms with Crippen molar-refractivity contribution in [2.24, 2.45) is 0 Å². The van der Waals surface area contributed by atoms with Crippen LogP contribution < -0.4 is 9.47 Å². The van der Waals surface area contributed by atoms with Crippen molar-refractivity contribution in [2.45, 2.75) is 45.4 Å². The molecule has 1 saturated heterocycles. The Morgan fingerprint density at radius 1 is 1.21 bits per heavy atom. The largest absolute Gasteiger partial charge is 0.507 e. The molecule has 2 heterocycles. The van der Waals surface area contributed by atoms with Gasteiger partial charge in [0.1, 0.15) is 23.4 Å². The summed E-state index contributed by atoms with van der Waals surface area (Å²) in [5.41, 5.74) is 2.29. The van der Waals surface area contributed by atoms with Crippen LogP contribution in [0.4, 0.5) is 0 Å². The molecule has 2 aliphatic rings. The first-order valence-corrected chi connectivity index (χ1v) is 11.7. The van der Waals surface area contributed by atoms with Crippen molar-refractivity contribution < 1.29 is 24.2 Å². The molecule has 0 aromatic heterocycles. The molecule has 1 fully saturated rings. The van der Waals surface area contributed by atoms with Gasteiger partial charge in [-0.15, -0.1) is 0 Å². The zero-order valence-electron chi connectivity index (χ0n) is 20.4. The van der Waals surface area contributed by atoms with Gasteiger partial charge >= 0.3 is 0 Å². The fraction of sp³-hybridized carbons (Fsp3) is 0.407. The Balaban J connectivity index is 1.81. The van der Waals surface area contributed by atoms with Crippen LogP contribution in [-0.2, 0) is 16.0 Å². The van der Waals surface area contributed by atoms with Gasteiger partial charge < -0.3 is 24.4 Å². The lowest BCUT2D eigenvalue weighted by atomic mass is 9.94. The first kappa shape index (κ1) is 23.8. The normalized spacial score (nSPS) is 21.3. The van der Waals surface area contributed by atoms with E-state index in [1.165, 1.54) is 0 Å². The van der Waals surface area contributed by atoms with Crippen molar-refractivity contribution in [1.29, 1.82) is 0 Å². The molecule has 2 aliphatic heterocycles. The average Bonchev–Trinajstić information content (AvgIpc) is 3.27. The minimum atomic E-state index is -0.709. The third-order valence-corrected chi connectivity index (χ3v) is 6.04. The second kappa shape index (κ2) is 9.50. The van der Waals surface area contributed by atoms with Crippen molar-refractivity contribution >= 4 is 17.4 Å². The molecule has 4 rings (SSSR count). The smallest absolute Gasteiger partial charge is 0.295 e. The molecule has 2 unspecified atom stereocenters. The molecule has 180 valence electrons. The van der Waals surface area contributed by atoms with Gasteiger partial charge in [-0.2, -0.15) is 0 Å². The van der Waals surface area contributed by atoms with Gasteiger partial charge in [-0.25, -0.2) is 0 Å². The lowest BCUT2D eigenvalue weighted by Gasteiger charge is -2.27. The summed E-state index contributed by atoms with van der Waals surface area (Å²) in [4.78, 5) is 29.8. The van der Waals surface area contributed by atoms with Crippen molar-refractivity contribution in [3.05, 3.63) is 64.7 Å². The second-order valence-corrected chi connectivity index (χ2v) is 9.49. The predicted molar refractivity (Wildman–Crippen MR) is 130 cm³/mol. The molecule has 0 aliphatic carbocycles. The Bertz CT molecular complexity index is 1140. The number of carbonyl (C=O) groups is 2. The number of likely N-dealkylation sites (tertiary alicyclic amines) is 1. The molecule has 2 atom stereocenters. The molecule has 0 saturated carbocycles. The van der Waals surface area contributed by atoms with Crippen molar-refractivity contribution in [1.82, 2.24) is 9.80 Å². The quantitative estimate of drug-likeness (QED) is 0.382. The molecule has 7 nitrogen and oxygen atoms in total. The number of ketones is 1. The first-order chi connectivity index (χ1) is 16.2. The summed E-state index contributed by atoms with van der Waals surface area (Å²) in [5, 5.41) is 11.3. The van der Waals surface area contributed by atoms with Crippen LogP contribution in [0, 0.1) is 0 Å². The van der Waals surface area contributed by atoms with Gasteiger partial charge in [0, 0.05) is 25.1 Å². The van der Waals surface area contributed by atoms with Crippen LogP contribution in [-0.4, -0.2) is 66.0 Å². The lowest BCUT2D eigenvalue weighted by Crippen LogP contribution is -2.35. The number of hydrogen-bond acceptors (Lipinski definition) is 6. The van der Waals surface area contributed by atoms with Crippen LogP contribution in [0.1, 0.15) is 43.5 Å². The number of nitrogens with zero attached hydrogens (tertiary/aromatic N) is 2. The van der Waals surface area contributed by atoms with Gasteiger partial charge in [0.05, 0.1) is 17.7 Å². The molecule has 34 heavy (non-hydrogen) atoms. The minimum absolute atomic E-state index is 0.0219. The number of fused-ring (bicyclic) bond motifs is 1. The number of hydrogen-bond donors (Lipinski definition) is 1. The summed E-state index contributed by atoms with van der Waals surface area (Å²) in [7, 11) is 3.83. The summed E-state index contributed by atoms with van der Waals surface area (Å²) < 4.78 is 11.6. The zero-order valence-corrected chi connectivity index (χ0v) is 20.4. The summed E-state index contributed by atoms with van der Waals surface area (Å²) >= 11 is 0. The Kier molecular flexibility index (Phi) is 6.66. The molecule has 2 aromatic carbocycles. The number of Topliss-reactive ketones (excluding diaryl/α,β-unsaturated/α-hetero) is 1. The van der Waals surface area contributed by atoms with E-state index in [1.54, 1.807) is 11.0 Å². The molecule has 1 amide bonds. The summed E-state index contributed by atoms with van der Waals surface area (Å²) in [6, 6.07) is 12.1. The maximum atomic E-state index is 13.2. The van der Waals surface area contributed by atoms with Crippen molar-refractivity contribution in [3.8, 4) is 11.5 Å². The Hall–Kier alpha value is -3.32. The molecule has 0 radical (unpaired) electrons. The fourth-order valence-electron chi connectivity index (χ4n) is 4.52. The number of carbonyl (C=O) groups excluding carboxylic acids is 2. The predicted octanol–water partition coefficient (Wildman–Crippen LogP) is 3.78. The van der Waals surface area contributed by atoms with E-state index in [0.29, 0.717) is 24.4 Å². The third-order valence-electron chi connectivity index (χ3n) is 6.04. The Morgan fingerprint density at radius 3 is 2.68 bits per heavy atom. The number of aliphatic hydroxyl groups is 1. The highest BCUT2D eigenvalue weighted by atomic mass is 16.5. The molecule has 0 spiro atoms. The molecular weight excluding hydrogens is 432 g/mol. The van der Waals surface area contributed by atoms with Crippen LogP contribution in [0.3, 0.4) is 0 Å². The number of aliphatic hydroxyl groups excluding tert-OH is 1. The van der Waals surface area contributed by atoms with E-state index in [2.05, 4.69) is 0 Å². The highest BCUT2D eigenvalue weighted by Gasteiger charge is 2.46. The number of benzene rings is 2. The van der Waals surface area contributed by atoms with E-state index in [1.807, 2.05) is 76.2 Å². The Morgan fingerprint density at radius 2 is 1.97 bits per heavy atom. The lowest BCUT2D eigenvalue weighted by molar-refractivity contribution is -0.140. The van der Waals surface area contributed by atoms with Crippen molar-refractivity contribution in [2.75, 3.05) is 27.2 Å². The Labute approximate surface area is 200 Å². The van der Waals surface area contributed by atoms with E-state index >= 15 is 0 Å². The molecular formula is C27H32N2O5. The van der Waals surface area contributed by atoms with E-state index < -0.39 is 17.7 Å². The molecule has 0 bridgehead atoms. The number of rotatable bonds is 7. The van der Waals surface area contributed by atoms with Gasteiger partial charge in [-0.1, -0.05) is 12.1 Å². The maximum absolute atomic E-state index is 13.2. The van der Waals surface area contributed by atoms with Gasteiger partial charge in [-0.3, -0.25) is 9.59 Å². The number of likely N-dealkylation sites (N-methyl/N-ethyl adjacent to an activating group) is 1. The average molecular weight is 465 g/mol. The minimum Gasteiger partial charge on any atom is -0.507 e. The van der Waals surface area contributed by atoms with Crippen LogP contribution in [0.25, 0.3) is 5.76 Å². The summed E-state index contributed by atoms with van der Waals surface area (Å²) in [5.74, 6) is -0.0311. The van der Waals surface area contributed by atoms with Crippen molar-refractivity contribution in [3.63, 3.8) is 0 Å². The SMILES string of the molecule is CC(C)Oc1cccc(C2/C(=C(/O)c3ccc4c(c3)CC(C)O4)C(=O)C(=O)N2CCN(C)C)c1. The summed E-state index contributed by atoms with van der Waals surface area (Å²) in [6.45, 7) is 6.80. The summed E-state index contributed by atoms with van der Waals surface area (Å²) in [6.07, 6.45) is 0.769.